The summed E-state index contributed by atoms with van der Waals surface area (Å²) in [6, 6.07) is 7.10. The van der Waals surface area contributed by atoms with Crippen molar-refractivity contribution in [3.63, 3.8) is 0 Å². The molecule has 6 nitrogen and oxygen atoms in total. The predicted octanol–water partition coefficient (Wildman–Crippen LogP) is 1.36. The van der Waals surface area contributed by atoms with Crippen molar-refractivity contribution in [2.24, 2.45) is 0 Å². The molecular weight excluding hydrogens is 290 g/mol. The normalized spacial score (nSPS) is 19.5. The standard InChI is InChI=1S/C14H11N3O3S/c1-17-9-4-2-3-5-10(9)21-11(17)7-6-8-12(18)15-14(20)16-13(8)19/h2-7H,1H3,(H2,15,16,18,19,20). The highest BCUT2D eigenvalue weighted by Gasteiger charge is 2.27. The van der Waals surface area contributed by atoms with Gasteiger partial charge in [-0.1, -0.05) is 23.9 Å². The van der Waals surface area contributed by atoms with Crippen molar-refractivity contribution in [1.82, 2.24) is 10.6 Å². The molecule has 0 spiro atoms. The molecule has 0 bridgehead atoms. The van der Waals surface area contributed by atoms with Crippen LogP contribution >= 0.6 is 11.8 Å². The predicted molar refractivity (Wildman–Crippen MR) is 78.5 cm³/mol. The first-order chi connectivity index (χ1) is 10.1. The van der Waals surface area contributed by atoms with Gasteiger partial charge in [-0.15, -0.1) is 0 Å². The molecule has 2 aliphatic rings. The van der Waals surface area contributed by atoms with E-state index in [9.17, 15) is 14.4 Å². The molecule has 1 aromatic rings. The van der Waals surface area contributed by atoms with Crippen LogP contribution in [0.2, 0.25) is 0 Å². The lowest BCUT2D eigenvalue weighted by Gasteiger charge is -2.14. The number of benzene rings is 1. The topological polar surface area (TPSA) is 78.5 Å². The Morgan fingerprint density at radius 1 is 1.05 bits per heavy atom. The number of carbonyl (C=O) groups excluding carboxylic acids is 3. The van der Waals surface area contributed by atoms with E-state index in [-0.39, 0.29) is 5.57 Å². The molecule has 1 aromatic carbocycles. The molecule has 0 aromatic heterocycles. The SMILES string of the molecule is CN1C(=CC=C2C(=O)NC(=O)NC2=O)Sc2ccccc21. The Bertz CT molecular complexity index is 702. The van der Waals surface area contributed by atoms with Crippen LogP contribution < -0.4 is 15.5 Å². The molecule has 0 aliphatic carbocycles. The number of fused-ring (bicyclic) bond motifs is 1. The molecule has 7 heteroatoms. The molecule has 4 amide bonds. The molecule has 2 aliphatic heterocycles. The van der Waals surface area contributed by atoms with Crippen LogP contribution in [0.15, 0.2) is 51.9 Å². The summed E-state index contributed by atoms with van der Waals surface area (Å²) in [4.78, 5) is 37.3. The number of rotatable bonds is 1. The van der Waals surface area contributed by atoms with Crippen LogP contribution in [0.4, 0.5) is 10.5 Å². The zero-order chi connectivity index (χ0) is 15.0. The van der Waals surface area contributed by atoms with Gasteiger partial charge in [0.25, 0.3) is 11.8 Å². The fourth-order valence-corrected chi connectivity index (χ4v) is 3.10. The van der Waals surface area contributed by atoms with Crippen molar-refractivity contribution in [2.45, 2.75) is 4.90 Å². The molecule has 0 atom stereocenters. The van der Waals surface area contributed by atoms with Crippen LogP contribution in [0.3, 0.4) is 0 Å². The van der Waals surface area contributed by atoms with Crippen molar-refractivity contribution < 1.29 is 14.4 Å². The summed E-state index contributed by atoms with van der Waals surface area (Å²) >= 11 is 1.55. The molecular formula is C14H11N3O3S. The van der Waals surface area contributed by atoms with Crippen LogP contribution in [0.5, 0.6) is 0 Å². The summed E-state index contributed by atoms with van der Waals surface area (Å²) in [5.41, 5.74) is 0.979. The maximum atomic E-state index is 11.6. The second-order valence-corrected chi connectivity index (χ2v) is 5.51. The van der Waals surface area contributed by atoms with Crippen LogP contribution in [0.25, 0.3) is 0 Å². The Hall–Kier alpha value is -2.54. The molecule has 2 heterocycles. The summed E-state index contributed by atoms with van der Waals surface area (Å²) in [7, 11) is 1.91. The maximum Gasteiger partial charge on any atom is 0.328 e. The summed E-state index contributed by atoms with van der Waals surface area (Å²) in [6.45, 7) is 0. The molecule has 3 rings (SSSR count). The molecule has 106 valence electrons. The number of urea groups is 1. The average Bonchev–Trinajstić information content (AvgIpc) is 2.75. The molecule has 0 saturated carbocycles. The number of thioether (sulfide) groups is 1. The van der Waals surface area contributed by atoms with Crippen LogP contribution in [0, 0.1) is 0 Å². The first kappa shape index (κ1) is 13.4. The second kappa shape index (κ2) is 5.10. The van der Waals surface area contributed by atoms with Gasteiger partial charge in [0.1, 0.15) is 5.57 Å². The number of allylic oxidation sites excluding steroid dienone is 2. The number of hydrogen-bond acceptors (Lipinski definition) is 5. The zero-order valence-electron chi connectivity index (χ0n) is 11.0. The number of hydrogen-bond donors (Lipinski definition) is 2. The number of para-hydroxylation sites is 1. The number of imide groups is 2. The fraction of sp³-hybridized carbons (Fsp3) is 0.0714. The third-order valence-corrected chi connectivity index (χ3v) is 4.29. The van der Waals surface area contributed by atoms with Crippen molar-refractivity contribution in [3.05, 3.63) is 47.0 Å². The Labute approximate surface area is 124 Å². The first-order valence-corrected chi connectivity index (χ1v) is 6.97. The van der Waals surface area contributed by atoms with Crippen molar-refractivity contribution in [3.8, 4) is 0 Å². The molecule has 2 N–H and O–H groups in total. The van der Waals surface area contributed by atoms with Gasteiger partial charge in [-0.25, -0.2) is 4.79 Å². The van der Waals surface area contributed by atoms with Crippen molar-refractivity contribution in [1.29, 1.82) is 0 Å². The minimum atomic E-state index is -0.797. The summed E-state index contributed by atoms with van der Waals surface area (Å²) in [5.74, 6) is -1.38. The van der Waals surface area contributed by atoms with E-state index < -0.39 is 17.8 Å². The third-order valence-electron chi connectivity index (χ3n) is 3.11. The van der Waals surface area contributed by atoms with Gasteiger partial charge in [0.15, 0.2) is 0 Å². The highest BCUT2D eigenvalue weighted by molar-refractivity contribution is 8.03. The van der Waals surface area contributed by atoms with Gasteiger partial charge in [-0.05, 0) is 24.3 Å². The van der Waals surface area contributed by atoms with E-state index >= 15 is 0 Å². The maximum absolute atomic E-state index is 11.6. The van der Waals surface area contributed by atoms with E-state index in [1.54, 1.807) is 17.8 Å². The van der Waals surface area contributed by atoms with E-state index in [0.717, 1.165) is 15.6 Å². The number of carbonyl (C=O) groups is 3. The van der Waals surface area contributed by atoms with Crippen molar-refractivity contribution >= 4 is 35.3 Å². The lowest BCUT2D eigenvalue weighted by atomic mass is 10.2. The van der Waals surface area contributed by atoms with Crippen LogP contribution in [-0.2, 0) is 9.59 Å². The minimum absolute atomic E-state index is 0.0907. The largest absolute Gasteiger partial charge is 0.338 e. The van der Waals surface area contributed by atoms with Gasteiger partial charge >= 0.3 is 6.03 Å². The lowest BCUT2D eigenvalue weighted by molar-refractivity contribution is -0.124. The van der Waals surface area contributed by atoms with E-state index in [2.05, 4.69) is 0 Å². The van der Waals surface area contributed by atoms with Gasteiger partial charge < -0.3 is 4.90 Å². The summed E-state index contributed by atoms with van der Waals surface area (Å²) in [6.07, 6.45) is 3.11. The Morgan fingerprint density at radius 2 is 1.71 bits per heavy atom. The second-order valence-electron chi connectivity index (χ2n) is 4.45. The highest BCUT2D eigenvalue weighted by Crippen LogP contribution is 2.44. The molecule has 0 unspecified atom stereocenters. The van der Waals surface area contributed by atoms with E-state index in [1.165, 1.54) is 6.08 Å². The van der Waals surface area contributed by atoms with Gasteiger partial charge in [0.2, 0.25) is 0 Å². The number of nitrogens with zero attached hydrogens (tertiary/aromatic N) is 1. The van der Waals surface area contributed by atoms with Gasteiger partial charge in [-0.3, -0.25) is 20.2 Å². The molecule has 0 radical (unpaired) electrons. The summed E-state index contributed by atoms with van der Waals surface area (Å²) < 4.78 is 0. The first-order valence-electron chi connectivity index (χ1n) is 6.15. The highest BCUT2D eigenvalue weighted by atomic mass is 32.2. The van der Waals surface area contributed by atoms with Crippen molar-refractivity contribution in [2.75, 3.05) is 11.9 Å². The monoisotopic (exact) mass is 301 g/mol. The average molecular weight is 301 g/mol. The van der Waals surface area contributed by atoms with E-state index in [1.807, 2.05) is 46.8 Å². The van der Waals surface area contributed by atoms with Gasteiger partial charge in [0, 0.05) is 11.9 Å². The number of nitrogens with one attached hydrogen (secondary N) is 2. The number of anilines is 1. The lowest BCUT2D eigenvalue weighted by Crippen LogP contribution is -2.51. The van der Waals surface area contributed by atoms with Crippen LogP contribution in [0.1, 0.15) is 0 Å². The zero-order valence-corrected chi connectivity index (χ0v) is 11.9. The summed E-state index contributed by atoms with van der Waals surface area (Å²) in [5, 5.41) is 4.96. The quantitative estimate of drug-likeness (QED) is 0.605. The van der Waals surface area contributed by atoms with E-state index in [4.69, 9.17) is 0 Å². The van der Waals surface area contributed by atoms with Gasteiger partial charge in [-0.2, -0.15) is 0 Å². The van der Waals surface area contributed by atoms with E-state index in [0.29, 0.717) is 0 Å². The molecule has 1 fully saturated rings. The minimum Gasteiger partial charge on any atom is -0.338 e. The fourth-order valence-electron chi connectivity index (χ4n) is 2.05. The third kappa shape index (κ3) is 2.43. The smallest absolute Gasteiger partial charge is 0.328 e. The number of barbiturate groups is 1. The van der Waals surface area contributed by atoms with Gasteiger partial charge in [0.05, 0.1) is 10.7 Å². The number of amides is 4. The van der Waals surface area contributed by atoms with Crippen LogP contribution in [-0.4, -0.2) is 24.9 Å². The molecule has 21 heavy (non-hydrogen) atoms. The Morgan fingerprint density at radius 3 is 2.38 bits per heavy atom. The molecule has 1 saturated heterocycles. The Kier molecular flexibility index (Phi) is 3.26. The Balaban J connectivity index is 1.87.